The van der Waals surface area contributed by atoms with Crippen molar-refractivity contribution in [1.29, 1.82) is 0 Å². The summed E-state index contributed by atoms with van der Waals surface area (Å²) in [5.74, 6) is 0.997. The Bertz CT molecular complexity index is 233. The van der Waals surface area contributed by atoms with Crippen LogP contribution in [0.2, 0.25) is 0 Å². The summed E-state index contributed by atoms with van der Waals surface area (Å²) in [7, 11) is 1.98. The van der Waals surface area contributed by atoms with Crippen molar-refractivity contribution >= 4 is 5.91 Å². The summed E-state index contributed by atoms with van der Waals surface area (Å²) < 4.78 is 0. The van der Waals surface area contributed by atoms with Gasteiger partial charge in [-0.1, -0.05) is 20.8 Å². The van der Waals surface area contributed by atoms with Gasteiger partial charge in [0.25, 0.3) is 0 Å². The average Bonchev–Trinajstić information content (AvgIpc) is 2.62. The first-order chi connectivity index (χ1) is 7.42. The first-order valence-corrected chi connectivity index (χ1v) is 6.35. The van der Waals surface area contributed by atoms with Crippen LogP contribution < -0.4 is 5.32 Å². The van der Waals surface area contributed by atoms with Gasteiger partial charge in [-0.2, -0.15) is 0 Å². The van der Waals surface area contributed by atoms with E-state index in [4.69, 9.17) is 0 Å². The van der Waals surface area contributed by atoms with Crippen LogP contribution in [-0.2, 0) is 4.79 Å². The van der Waals surface area contributed by atoms with Gasteiger partial charge < -0.3 is 10.2 Å². The molecule has 0 spiro atoms. The number of nitrogens with one attached hydrogen (secondary N) is 1. The van der Waals surface area contributed by atoms with Crippen LogP contribution in [-0.4, -0.2) is 37.5 Å². The molecular weight excluding hydrogens is 200 g/mol. The van der Waals surface area contributed by atoms with E-state index in [0.717, 1.165) is 32.5 Å². The van der Waals surface area contributed by atoms with Crippen LogP contribution >= 0.6 is 0 Å². The average molecular weight is 226 g/mol. The predicted octanol–water partition coefficient (Wildman–Crippen LogP) is 1.88. The molecule has 1 unspecified atom stereocenters. The number of amides is 1. The minimum atomic E-state index is 0.264. The van der Waals surface area contributed by atoms with Gasteiger partial charge in [-0.25, -0.2) is 0 Å². The van der Waals surface area contributed by atoms with E-state index < -0.39 is 0 Å². The van der Waals surface area contributed by atoms with Gasteiger partial charge in [-0.3, -0.25) is 4.79 Å². The van der Waals surface area contributed by atoms with Crippen molar-refractivity contribution in [2.75, 3.05) is 26.7 Å². The smallest absolute Gasteiger partial charge is 0.222 e. The molecule has 1 heterocycles. The van der Waals surface area contributed by atoms with Crippen molar-refractivity contribution in [2.45, 2.75) is 40.0 Å². The minimum Gasteiger partial charge on any atom is -0.342 e. The summed E-state index contributed by atoms with van der Waals surface area (Å²) in [4.78, 5) is 14.0. The molecule has 0 saturated carbocycles. The third kappa shape index (κ3) is 4.52. The molecule has 1 aliphatic rings. The molecule has 0 bridgehead atoms. The van der Waals surface area contributed by atoms with Crippen LogP contribution in [0.4, 0.5) is 0 Å². The fourth-order valence-corrected chi connectivity index (χ4v) is 2.15. The highest BCUT2D eigenvalue weighted by atomic mass is 16.2. The lowest BCUT2D eigenvalue weighted by Crippen LogP contribution is -2.30. The van der Waals surface area contributed by atoms with Crippen LogP contribution in [0, 0.1) is 11.3 Å². The molecule has 0 aliphatic carbocycles. The molecule has 3 nitrogen and oxygen atoms in total. The number of hydrogen-bond acceptors (Lipinski definition) is 2. The van der Waals surface area contributed by atoms with Gasteiger partial charge in [-0.05, 0) is 37.8 Å². The zero-order chi connectivity index (χ0) is 12.2. The van der Waals surface area contributed by atoms with Crippen LogP contribution in [0.15, 0.2) is 0 Å². The maximum Gasteiger partial charge on any atom is 0.222 e. The standard InChI is InChI=1S/C13H26N2O/c1-13(2,3)7-5-12(16)15-8-6-11(10-15)9-14-4/h11,14H,5-10H2,1-4H3. The number of rotatable bonds is 4. The molecule has 0 radical (unpaired) electrons. The van der Waals surface area contributed by atoms with E-state index >= 15 is 0 Å². The minimum absolute atomic E-state index is 0.264. The van der Waals surface area contributed by atoms with Crippen LogP contribution in [0.25, 0.3) is 0 Å². The lowest BCUT2D eigenvalue weighted by molar-refractivity contribution is -0.130. The molecule has 0 aromatic rings. The molecule has 1 fully saturated rings. The fourth-order valence-electron chi connectivity index (χ4n) is 2.15. The van der Waals surface area contributed by atoms with Gasteiger partial charge in [0.05, 0.1) is 0 Å². The van der Waals surface area contributed by atoms with Crippen LogP contribution in [0.1, 0.15) is 40.0 Å². The summed E-state index contributed by atoms with van der Waals surface area (Å²) in [6.45, 7) is 9.50. The normalized spacial score (nSPS) is 21.5. The fraction of sp³-hybridized carbons (Fsp3) is 0.923. The Hall–Kier alpha value is -0.570. The molecule has 1 amide bonds. The number of carbonyl (C=O) groups is 1. The van der Waals surface area contributed by atoms with Crippen LogP contribution in [0.5, 0.6) is 0 Å². The maximum atomic E-state index is 11.9. The third-order valence-electron chi connectivity index (χ3n) is 3.22. The molecule has 0 aromatic heterocycles. The predicted molar refractivity (Wildman–Crippen MR) is 67.3 cm³/mol. The first kappa shape index (κ1) is 13.5. The molecule has 0 aromatic carbocycles. The van der Waals surface area contributed by atoms with Gasteiger partial charge in [0.1, 0.15) is 0 Å². The molecule has 1 N–H and O–H groups in total. The Morgan fingerprint density at radius 3 is 2.69 bits per heavy atom. The van der Waals surface area contributed by atoms with E-state index in [1.165, 1.54) is 0 Å². The summed E-state index contributed by atoms with van der Waals surface area (Å²) in [6, 6.07) is 0. The summed E-state index contributed by atoms with van der Waals surface area (Å²) in [5.41, 5.74) is 0.264. The van der Waals surface area contributed by atoms with Crippen molar-refractivity contribution < 1.29 is 4.79 Å². The van der Waals surface area contributed by atoms with Crippen molar-refractivity contribution in [3.63, 3.8) is 0 Å². The van der Waals surface area contributed by atoms with Crippen molar-refractivity contribution in [1.82, 2.24) is 10.2 Å². The number of hydrogen-bond donors (Lipinski definition) is 1. The Balaban J connectivity index is 2.28. The van der Waals surface area contributed by atoms with Crippen LogP contribution in [0.3, 0.4) is 0 Å². The molecule has 1 rings (SSSR count). The van der Waals surface area contributed by atoms with Gasteiger partial charge in [0, 0.05) is 19.5 Å². The van der Waals surface area contributed by atoms with Crippen molar-refractivity contribution in [2.24, 2.45) is 11.3 Å². The molecule has 94 valence electrons. The van der Waals surface area contributed by atoms with Gasteiger partial charge in [0.15, 0.2) is 0 Å². The quantitative estimate of drug-likeness (QED) is 0.794. The van der Waals surface area contributed by atoms with Gasteiger partial charge >= 0.3 is 0 Å². The van der Waals surface area contributed by atoms with E-state index in [9.17, 15) is 4.79 Å². The number of likely N-dealkylation sites (tertiary alicyclic amines) is 1. The Morgan fingerprint density at radius 2 is 2.12 bits per heavy atom. The topological polar surface area (TPSA) is 32.3 Å². The second kappa shape index (κ2) is 5.67. The second-order valence-corrected chi connectivity index (χ2v) is 6.11. The van der Waals surface area contributed by atoms with E-state index in [2.05, 4.69) is 26.1 Å². The van der Waals surface area contributed by atoms with E-state index in [1.54, 1.807) is 0 Å². The zero-order valence-corrected chi connectivity index (χ0v) is 11.2. The highest BCUT2D eigenvalue weighted by molar-refractivity contribution is 5.76. The molecular formula is C13H26N2O. The second-order valence-electron chi connectivity index (χ2n) is 6.11. The largest absolute Gasteiger partial charge is 0.342 e. The summed E-state index contributed by atoms with van der Waals surface area (Å²) in [6.07, 6.45) is 2.84. The lowest BCUT2D eigenvalue weighted by atomic mass is 9.90. The highest BCUT2D eigenvalue weighted by Crippen LogP contribution is 2.23. The molecule has 3 heteroatoms. The van der Waals surface area contributed by atoms with Crippen molar-refractivity contribution in [3.8, 4) is 0 Å². The van der Waals surface area contributed by atoms with E-state index in [1.807, 2.05) is 11.9 Å². The Kier molecular flexibility index (Phi) is 4.78. The van der Waals surface area contributed by atoms with E-state index in [-0.39, 0.29) is 5.41 Å². The van der Waals surface area contributed by atoms with E-state index in [0.29, 0.717) is 18.2 Å². The number of nitrogens with zero attached hydrogens (tertiary/aromatic N) is 1. The van der Waals surface area contributed by atoms with Gasteiger partial charge in [-0.15, -0.1) is 0 Å². The Labute approximate surface area is 99.6 Å². The molecule has 1 aliphatic heterocycles. The summed E-state index contributed by atoms with van der Waals surface area (Å²) >= 11 is 0. The molecule has 1 saturated heterocycles. The zero-order valence-electron chi connectivity index (χ0n) is 11.2. The maximum absolute atomic E-state index is 11.9. The third-order valence-corrected chi connectivity index (χ3v) is 3.22. The van der Waals surface area contributed by atoms with Crippen molar-refractivity contribution in [3.05, 3.63) is 0 Å². The number of carbonyl (C=O) groups excluding carboxylic acids is 1. The molecule has 1 atom stereocenters. The molecule has 16 heavy (non-hydrogen) atoms. The highest BCUT2D eigenvalue weighted by Gasteiger charge is 2.26. The monoisotopic (exact) mass is 226 g/mol. The van der Waals surface area contributed by atoms with Gasteiger partial charge in [0.2, 0.25) is 5.91 Å². The summed E-state index contributed by atoms with van der Waals surface area (Å²) in [5, 5.41) is 3.19. The first-order valence-electron chi connectivity index (χ1n) is 6.35. The SMILES string of the molecule is CNCC1CCN(C(=O)CCC(C)(C)C)C1. The lowest BCUT2D eigenvalue weighted by Gasteiger charge is -2.21. The Morgan fingerprint density at radius 1 is 1.44 bits per heavy atom.